The van der Waals surface area contributed by atoms with Crippen molar-refractivity contribution in [1.82, 2.24) is 0 Å². The SMILES string of the molecule is C(SSCC1CS1)SSCC1CS1. The van der Waals surface area contributed by atoms with Crippen molar-refractivity contribution >= 4 is 66.7 Å². The highest BCUT2D eigenvalue weighted by atomic mass is 33.1. The molecule has 0 aromatic heterocycles. The van der Waals surface area contributed by atoms with Crippen LogP contribution < -0.4 is 0 Å². The Balaban J connectivity index is 1.28. The van der Waals surface area contributed by atoms with Crippen LogP contribution in [0.5, 0.6) is 0 Å². The van der Waals surface area contributed by atoms with E-state index in [1.54, 1.807) is 0 Å². The monoisotopic (exact) mass is 288 g/mol. The van der Waals surface area contributed by atoms with E-state index in [1.165, 1.54) is 28.1 Å². The standard InChI is InChI=1S/C7H12S6/c1-6(8-1)3-10-12-5-13-11-4-7-2-9-7/h6-7H,1-5H2. The van der Waals surface area contributed by atoms with Gasteiger partial charge in [0.2, 0.25) is 0 Å². The van der Waals surface area contributed by atoms with E-state index >= 15 is 0 Å². The van der Waals surface area contributed by atoms with Crippen LogP contribution in [0.3, 0.4) is 0 Å². The predicted molar refractivity (Wildman–Crippen MR) is 77.5 cm³/mol. The van der Waals surface area contributed by atoms with E-state index in [1.807, 2.05) is 21.6 Å². The molecule has 0 aliphatic carbocycles. The second-order valence-corrected chi connectivity index (χ2v) is 10.9. The second-order valence-electron chi connectivity index (χ2n) is 2.83. The maximum atomic E-state index is 2.10. The van der Waals surface area contributed by atoms with Gasteiger partial charge in [-0.3, -0.25) is 0 Å². The van der Waals surface area contributed by atoms with Gasteiger partial charge in [-0.15, -0.1) is 0 Å². The summed E-state index contributed by atoms with van der Waals surface area (Å²) in [5, 5.41) is 3.25. The lowest BCUT2D eigenvalue weighted by atomic mass is 10.6. The molecule has 0 amide bonds. The van der Waals surface area contributed by atoms with Crippen molar-refractivity contribution in [1.29, 1.82) is 0 Å². The minimum absolute atomic E-state index is 0.998. The Kier molecular flexibility index (Phi) is 5.91. The zero-order valence-electron chi connectivity index (χ0n) is 7.14. The molecule has 0 N–H and O–H groups in total. The van der Waals surface area contributed by atoms with Gasteiger partial charge in [-0.1, -0.05) is 43.2 Å². The molecule has 0 saturated carbocycles. The molecule has 6 heteroatoms. The van der Waals surface area contributed by atoms with Gasteiger partial charge in [0.1, 0.15) is 0 Å². The van der Waals surface area contributed by atoms with Crippen LogP contribution in [-0.2, 0) is 0 Å². The zero-order chi connectivity index (χ0) is 8.93. The molecule has 76 valence electrons. The summed E-state index contributed by atoms with van der Waals surface area (Å²) in [6, 6.07) is 0. The van der Waals surface area contributed by atoms with Crippen LogP contribution in [0.25, 0.3) is 0 Å². The van der Waals surface area contributed by atoms with Crippen molar-refractivity contribution in [2.75, 3.05) is 28.1 Å². The van der Waals surface area contributed by atoms with E-state index in [0.29, 0.717) is 0 Å². The van der Waals surface area contributed by atoms with Gasteiger partial charge in [0.05, 0.1) is 5.08 Å². The number of rotatable bonds is 8. The molecule has 2 atom stereocenters. The van der Waals surface area contributed by atoms with E-state index in [2.05, 4.69) is 45.1 Å². The fourth-order valence-electron chi connectivity index (χ4n) is 0.664. The van der Waals surface area contributed by atoms with E-state index < -0.39 is 0 Å². The Bertz CT molecular complexity index is 128. The summed E-state index contributed by atoms with van der Waals surface area (Å²) >= 11 is 4.20. The zero-order valence-corrected chi connectivity index (χ0v) is 12.0. The number of hydrogen-bond donors (Lipinski definition) is 0. The van der Waals surface area contributed by atoms with Gasteiger partial charge >= 0.3 is 0 Å². The fourth-order valence-corrected chi connectivity index (χ4v) is 8.80. The molecule has 2 heterocycles. The smallest absolute Gasteiger partial charge is 0.0600 e. The van der Waals surface area contributed by atoms with Crippen LogP contribution in [0.15, 0.2) is 0 Å². The highest BCUT2D eigenvalue weighted by molar-refractivity contribution is 8.85. The minimum atomic E-state index is 0.998. The molecule has 0 radical (unpaired) electrons. The molecule has 2 fully saturated rings. The highest BCUT2D eigenvalue weighted by Gasteiger charge is 2.22. The lowest BCUT2D eigenvalue weighted by molar-refractivity contribution is 1.28. The van der Waals surface area contributed by atoms with Crippen molar-refractivity contribution in [2.45, 2.75) is 10.5 Å². The van der Waals surface area contributed by atoms with E-state index in [9.17, 15) is 0 Å². The van der Waals surface area contributed by atoms with Crippen LogP contribution in [0.4, 0.5) is 0 Å². The molecule has 0 spiro atoms. The molecule has 2 unspecified atom stereocenters. The molecule has 2 aliphatic heterocycles. The van der Waals surface area contributed by atoms with E-state index in [4.69, 9.17) is 0 Å². The summed E-state index contributed by atoms with van der Waals surface area (Å²) in [4.78, 5) is 0. The third-order valence-corrected chi connectivity index (χ3v) is 9.67. The summed E-state index contributed by atoms with van der Waals surface area (Å²) in [6.45, 7) is 0. The first-order chi connectivity index (χ1) is 6.45. The van der Waals surface area contributed by atoms with Gasteiger partial charge in [0, 0.05) is 33.5 Å². The van der Waals surface area contributed by atoms with Gasteiger partial charge < -0.3 is 0 Å². The summed E-state index contributed by atoms with van der Waals surface area (Å²) in [6.07, 6.45) is 0. The van der Waals surface area contributed by atoms with Crippen LogP contribution in [0.2, 0.25) is 0 Å². The van der Waals surface area contributed by atoms with Crippen molar-refractivity contribution in [3.8, 4) is 0 Å². The number of thioether (sulfide) groups is 2. The fraction of sp³-hybridized carbons (Fsp3) is 1.00. The molecule has 13 heavy (non-hydrogen) atoms. The van der Waals surface area contributed by atoms with Crippen LogP contribution in [0.1, 0.15) is 0 Å². The lowest BCUT2D eigenvalue weighted by Crippen LogP contribution is -1.84. The molecule has 0 bridgehead atoms. The van der Waals surface area contributed by atoms with Gasteiger partial charge in [0.25, 0.3) is 0 Å². The maximum absolute atomic E-state index is 2.10. The maximum Gasteiger partial charge on any atom is 0.0600 e. The van der Waals surface area contributed by atoms with E-state index in [-0.39, 0.29) is 0 Å². The quantitative estimate of drug-likeness (QED) is 0.285. The molecular weight excluding hydrogens is 276 g/mol. The average Bonchev–Trinajstić information content (AvgIpc) is 2.99. The average molecular weight is 289 g/mol. The molecule has 2 aliphatic rings. The molecular formula is C7H12S6. The summed E-state index contributed by atoms with van der Waals surface area (Å²) in [5.74, 6) is 5.54. The Morgan fingerprint density at radius 3 is 1.69 bits per heavy atom. The Labute approximate surface area is 104 Å². The predicted octanol–water partition coefficient (Wildman–Crippen LogP) is 3.94. The Morgan fingerprint density at radius 1 is 0.846 bits per heavy atom. The van der Waals surface area contributed by atoms with Crippen molar-refractivity contribution in [3.05, 3.63) is 0 Å². The Hall–Kier alpha value is 2.10. The lowest BCUT2D eigenvalue weighted by Gasteiger charge is -1.98. The van der Waals surface area contributed by atoms with Crippen molar-refractivity contribution in [3.63, 3.8) is 0 Å². The summed E-state index contributed by atoms with van der Waals surface area (Å²) in [5.41, 5.74) is 0. The molecule has 2 saturated heterocycles. The van der Waals surface area contributed by atoms with Gasteiger partial charge in [-0.2, -0.15) is 23.5 Å². The van der Waals surface area contributed by atoms with Gasteiger partial charge in [0.15, 0.2) is 0 Å². The first-order valence-electron chi connectivity index (χ1n) is 4.17. The third-order valence-electron chi connectivity index (χ3n) is 1.58. The Morgan fingerprint density at radius 2 is 1.31 bits per heavy atom. The molecule has 0 aromatic rings. The minimum Gasteiger partial charge on any atom is -0.156 e. The first-order valence-corrected chi connectivity index (χ1v) is 11.2. The van der Waals surface area contributed by atoms with Gasteiger partial charge in [-0.05, 0) is 0 Å². The van der Waals surface area contributed by atoms with Crippen molar-refractivity contribution in [2.24, 2.45) is 0 Å². The molecule has 0 nitrogen and oxygen atoms in total. The molecule has 0 aromatic carbocycles. The van der Waals surface area contributed by atoms with Crippen LogP contribution in [0, 0.1) is 0 Å². The van der Waals surface area contributed by atoms with E-state index in [0.717, 1.165) is 10.5 Å². The van der Waals surface area contributed by atoms with Crippen LogP contribution in [-0.4, -0.2) is 38.6 Å². The summed E-state index contributed by atoms with van der Waals surface area (Å²) in [7, 11) is 8.17. The molecule has 2 rings (SSSR count). The second kappa shape index (κ2) is 6.63. The van der Waals surface area contributed by atoms with Gasteiger partial charge in [-0.25, -0.2) is 0 Å². The number of hydrogen-bond acceptors (Lipinski definition) is 6. The third kappa shape index (κ3) is 6.30. The van der Waals surface area contributed by atoms with Crippen molar-refractivity contribution < 1.29 is 0 Å². The first kappa shape index (κ1) is 11.6. The largest absolute Gasteiger partial charge is 0.156 e. The summed E-state index contributed by atoms with van der Waals surface area (Å²) < 4.78 is 0. The van der Waals surface area contributed by atoms with Crippen LogP contribution >= 0.6 is 66.7 Å². The topological polar surface area (TPSA) is 0 Å². The highest BCUT2D eigenvalue weighted by Crippen LogP contribution is 2.41. The normalized spacial score (nSPS) is 30.5.